The molecule has 4 aromatic rings. The maximum Gasteiger partial charge on any atom is 0.264 e. The largest absolute Gasteiger partial charge is 0.495 e. The van der Waals surface area contributed by atoms with Crippen molar-refractivity contribution in [1.82, 2.24) is 10.2 Å². The van der Waals surface area contributed by atoms with E-state index in [1.54, 1.807) is 35.2 Å². The van der Waals surface area contributed by atoms with Crippen LogP contribution < -0.4 is 14.4 Å². The zero-order valence-electron chi connectivity index (χ0n) is 28.0. The lowest BCUT2D eigenvalue weighted by Gasteiger charge is -2.35. The third-order valence-electron chi connectivity index (χ3n) is 8.91. The number of carbonyl (C=O) groups excluding carboxylic acids is 2. The van der Waals surface area contributed by atoms with E-state index in [-0.39, 0.29) is 35.5 Å². The van der Waals surface area contributed by atoms with E-state index in [0.29, 0.717) is 5.75 Å². The SMILES string of the molecule is COc1ccc(C)cc1N(CC(=O)N(Cc1ccc(C)cc1)[C@@H](Cc1ccccc1)C(=O)NC1CCCCC1)S(=O)(=O)c1ccccc1. The second kappa shape index (κ2) is 16.0. The Labute approximate surface area is 284 Å². The van der Waals surface area contributed by atoms with Crippen LogP contribution in [0.25, 0.3) is 0 Å². The summed E-state index contributed by atoms with van der Waals surface area (Å²) in [5.41, 5.74) is 3.85. The fraction of sp³-hybridized carbons (Fsp3) is 0.333. The Hall–Kier alpha value is -4.63. The summed E-state index contributed by atoms with van der Waals surface area (Å²) < 4.78 is 35.4. The number of amides is 2. The molecule has 0 radical (unpaired) electrons. The second-order valence-electron chi connectivity index (χ2n) is 12.6. The maximum atomic E-state index is 14.8. The Morgan fingerprint density at radius 2 is 1.44 bits per heavy atom. The van der Waals surface area contributed by atoms with Gasteiger partial charge in [0.25, 0.3) is 10.0 Å². The summed E-state index contributed by atoms with van der Waals surface area (Å²) >= 11 is 0. The number of aryl methyl sites for hydroxylation is 2. The third-order valence-corrected chi connectivity index (χ3v) is 10.7. The normalized spacial score (nSPS) is 14.1. The minimum atomic E-state index is -4.23. The van der Waals surface area contributed by atoms with Gasteiger partial charge in [-0.25, -0.2) is 8.42 Å². The molecule has 9 heteroatoms. The van der Waals surface area contributed by atoms with Crippen molar-refractivity contribution in [2.75, 3.05) is 18.0 Å². The smallest absolute Gasteiger partial charge is 0.264 e. The van der Waals surface area contributed by atoms with Crippen molar-refractivity contribution >= 4 is 27.5 Å². The molecule has 2 amide bonds. The van der Waals surface area contributed by atoms with Crippen molar-refractivity contribution < 1.29 is 22.7 Å². The molecule has 0 spiro atoms. The van der Waals surface area contributed by atoms with E-state index in [1.807, 2.05) is 74.5 Å². The molecular weight excluding hydrogens is 623 g/mol. The Kier molecular flexibility index (Phi) is 11.5. The van der Waals surface area contributed by atoms with E-state index >= 15 is 0 Å². The predicted molar refractivity (Wildman–Crippen MR) is 189 cm³/mol. The van der Waals surface area contributed by atoms with Gasteiger partial charge in [0.05, 0.1) is 17.7 Å². The monoisotopic (exact) mass is 667 g/mol. The first kappa shape index (κ1) is 34.7. The van der Waals surface area contributed by atoms with Crippen LogP contribution in [-0.4, -0.2) is 50.9 Å². The van der Waals surface area contributed by atoms with Crippen molar-refractivity contribution in [1.29, 1.82) is 0 Å². The molecule has 0 unspecified atom stereocenters. The highest BCUT2D eigenvalue weighted by molar-refractivity contribution is 7.92. The number of methoxy groups -OCH3 is 1. The van der Waals surface area contributed by atoms with Gasteiger partial charge >= 0.3 is 0 Å². The van der Waals surface area contributed by atoms with Crippen LogP contribution in [-0.2, 0) is 32.6 Å². The average Bonchev–Trinajstić information content (AvgIpc) is 3.10. The van der Waals surface area contributed by atoms with Crippen LogP contribution in [0, 0.1) is 13.8 Å². The zero-order chi connectivity index (χ0) is 34.1. The topological polar surface area (TPSA) is 96.0 Å². The van der Waals surface area contributed by atoms with Gasteiger partial charge < -0.3 is 15.0 Å². The third kappa shape index (κ3) is 8.63. The first-order valence-electron chi connectivity index (χ1n) is 16.6. The summed E-state index contributed by atoms with van der Waals surface area (Å²) in [6, 6.07) is 29.9. The molecule has 0 bridgehead atoms. The summed E-state index contributed by atoms with van der Waals surface area (Å²) in [4.78, 5) is 30.6. The van der Waals surface area contributed by atoms with Crippen LogP contribution in [0.15, 0.2) is 108 Å². The lowest BCUT2D eigenvalue weighted by molar-refractivity contribution is -0.140. The van der Waals surface area contributed by atoms with Gasteiger partial charge in [-0.05, 0) is 67.6 Å². The van der Waals surface area contributed by atoms with E-state index in [1.165, 1.54) is 19.2 Å². The van der Waals surface area contributed by atoms with Crippen molar-refractivity contribution in [3.05, 3.63) is 125 Å². The first-order chi connectivity index (χ1) is 23.2. The van der Waals surface area contributed by atoms with Crippen LogP contribution in [0.5, 0.6) is 5.75 Å². The molecule has 1 saturated carbocycles. The molecule has 0 aromatic heterocycles. The molecule has 0 aliphatic heterocycles. The van der Waals surface area contributed by atoms with Crippen LogP contribution in [0.1, 0.15) is 54.4 Å². The van der Waals surface area contributed by atoms with Gasteiger partial charge in [0.1, 0.15) is 18.3 Å². The van der Waals surface area contributed by atoms with Gasteiger partial charge in [-0.15, -0.1) is 0 Å². The minimum Gasteiger partial charge on any atom is -0.495 e. The van der Waals surface area contributed by atoms with Gasteiger partial charge in [-0.3, -0.25) is 13.9 Å². The summed E-state index contributed by atoms with van der Waals surface area (Å²) in [5.74, 6) is -0.427. The standard InChI is InChI=1S/C39H45N3O5S/c1-29-19-22-32(23-20-29)27-41(36(26-31-13-7-4-8-14-31)39(44)40-33-15-9-5-10-16-33)38(43)28-42(35-25-30(2)21-24-37(35)47-3)48(45,46)34-17-11-6-12-18-34/h4,6-8,11-14,17-25,33,36H,5,9-10,15-16,26-28H2,1-3H3,(H,40,44)/t36-/m0/s1. The average molecular weight is 668 g/mol. The first-order valence-corrected chi connectivity index (χ1v) is 18.0. The molecule has 8 nitrogen and oxygen atoms in total. The Morgan fingerprint density at radius 1 is 0.812 bits per heavy atom. The lowest BCUT2D eigenvalue weighted by Crippen LogP contribution is -2.55. The van der Waals surface area contributed by atoms with Gasteiger partial charge in [0.2, 0.25) is 11.8 Å². The van der Waals surface area contributed by atoms with E-state index in [4.69, 9.17) is 4.74 Å². The molecule has 1 atom stereocenters. The molecule has 1 aliphatic rings. The lowest BCUT2D eigenvalue weighted by atomic mass is 9.94. The number of nitrogens with zero attached hydrogens (tertiary/aromatic N) is 2. The number of anilines is 1. The quantitative estimate of drug-likeness (QED) is 0.174. The number of benzene rings is 4. The molecule has 0 heterocycles. The van der Waals surface area contributed by atoms with Gasteiger partial charge in [0.15, 0.2) is 0 Å². The van der Waals surface area contributed by atoms with Crippen LogP contribution in [0.3, 0.4) is 0 Å². The van der Waals surface area contributed by atoms with Crippen molar-refractivity contribution in [2.45, 2.75) is 75.9 Å². The number of hydrogen-bond acceptors (Lipinski definition) is 5. The minimum absolute atomic E-state index is 0.0346. The maximum absolute atomic E-state index is 14.8. The molecule has 1 fully saturated rings. The fourth-order valence-corrected chi connectivity index (χ4v) is 7.65. The van der Waals surface area contributed by atoms with E-state index in [9.17, 15) is 18.0 Å². The van der Waals surface area contributed by atoms with Crippen molar-refractivity contribution in [3.63, 3.8) is 0 Å². The molecule has 5 rings (SSSR count). The van der Waals surface area contributed by atoms with E-state index in [0.717, 1.165) is 58.7 Å². The highest BCUT2D eigenvalue weighted by Gasteiger charge is 2.36. The van der Waals surface area contributed by atoms with Crippen molar-refractivity contribution in [3.8, 4) is 5.75 Å². The Bertz CT molecular complexity index is 1770. The summed E-state index contributed by atoms with van der Waals surface area (Å²) in [5, 5.41) is 3.25. The zero-order valence-corrected chi connectivity index (χ0v) is 28.8. The van der Waals surface area contributed by atoms with Crippen LogP contribution in [0.2, 0.25) is 0 Å². The molecule has 1 N–H and O–H groups in total. The number of sulfonamides is 1. The molecule has 0 saturated heterocycles. The van der Waals surface area contributed by atoms with Crippen LogP contribution in [0.4, 0.5) is 5.69 Å². The Morgan fingerprint density at radius 3 is 2.08 bits per heavy atom. The molecular formula is C39H45N3O5S. The second-order valence-corrected chi connectivity index (χ2v) is 14.4. The number of carbonyl (C=O) groups is 2. The summed E-state index contributed by atoms with van der Waals surface area (Å²) in [6.07, 6.45) is 5.30. The number of rotatable bonds is 13. The highest BCUT2D eigenvalue weighted by Crippen LogP contribution is 2.34. The molecule has 4 aromatic carbocycles. The highest BCUT2D eigenvalue weighted by atomic mass is 32.2. The summed E-state index contributed by atoms with van der Waals surface area (Å²) in [7, 11) is -2.76. The van der Waals surface area contributed by atoms with Crippen LogP contribution >= 0.6 is 0 Å². The molecule has 252 valence electrons. The number of hydrogen-bond donors (Lipinski definition) is 1. The fourth-order valence-electron chi connectivity index (χ4n) is 6.22. The van der Waals surface area contributed by atoms with E-state index < -0.39 is 28.5 Å². The van der Waals surface area contributed by atoms with Gasteiger partial charge in [-0.2, -0.15) is 0 Å². The predicted octanol–water partition coefficient (Wildman–Crippen LogP) is 6.60. The van der Waals surface area contributed by atoms with Gasteiger partial charge in [-0.1, -0.05) is 104 Å². The molecule has 1 aliphatic carbocycles. The van der Waals surface area contributed by atoms with Crippen molar-refractivity contribution in [2.24, 2.45) is 0 Å². The van der Waals surface area contributed by atoms with Gasteiger partial charge in [0, 0.05) is 19.0 Å². The number of ether oxygens (including phenoxy) is 1. The molecule has 48 heavy (non-hydrogen) atoms. The summed E-state index contributed by atoms with van der Waals surface area (Å²) in [6.45, 7) is 3.43. The number of nitrogens with one attached hydrogen (secondary N) is 1. The Balaban J connectivity index is 1.59. The van der Waals surface area contributed by atoms with E-state index in [2.05, 4.69) is 5.32 Å².